The van der Waals surface area contributed by atoms with E-state index >= 15 is 0 Å². The average molecular weight is 415 g/mol. The number of hydrogen-bond donors (Lipinski definition) is 1. The Bertz CT molecular complexity index is 972. The highest BCUT2D eigenvalue weighted by Gasteiger charge is 2.44. The minimum absolute atomic E-state index is 0.0216. The number of sulfonamides is 1. The zero-order chi connectivity index (χ0) is 21.0. The summed E-state index contributed by atoms with van der Waals surface area (Å²) in [7, 11) is -4.07. The van der Waals surface area contributed by atoms with E-state index in [4.69, 9.17) is 0 Å². The number of aryl methyl sites for hydroxylation is 2. The van der Waals surface area contributed by atoms with E-state index in [1.54, 1.807) is 12.1 Å². The molecule has 1 heterocycles. The molecule has 0 saturated carbocycles. The molecule has 1 fully saturated rings. The summed E-state index contributed by atoms with van der Waals surface area (Å²) in [5, 5.41) is 2.88. The van der Waals surface area contributed by atoms with Crippen LogP contribution in [0.15, 0.2) is 59.5 Å². The number of amides is 2. The van der Waals surface area contributed by atoms with Crippen LogP contribution in [0.25, 0.3) is 0 Å². The number of nitrogens with zero attached hydrogens (tertiary/aromatic N) is 1. The number of hydrogen-bond acceptors (Lipinski definition) is 4. The highest BCUT2D eigenvalue weighted by atomic mass is 32.2. The van der Waals surface area contributed by atoms with Crippen molar-refractivity contribution in [2.75, 3.05) is 0 Å². The smallest absolute Gasteiger partial charge is 0.267 e. The number of nitrogens with one attached hydrogen (secondary N) is 1. The molecule has 1 N–H and O–H groups in total. The Morgan fingerprint density at radius 1 is 1.14 bits per heavy atom. The Balaban J connectivity index is 1.69. The Morgan fingerprint density at radius 2 is 1.79 bits per heavy atom. The monoisotopic (exact) mass is 414 g/mol. The van der Waals surface area contributed by atoms with E-state index in [-0.39, 0.29) is 23.8 Å². The summed E-state index contributed by atoms with van der Waals surface area (Å²) in [6.45, 7) is 3.74. The molecule has 2 aromatic carbocycles. The fraction of sp³-hybridized carbons (Fsp3) is 0.364. The van der Waals surface area contributed by atoms with Crippen molar-refractivity contribution in [2.24, 2.45) is 0 Å². The quantitative estimate of drug-likeness (QED) is 0.755. The normalized spacial score (nSPS) is 17.9. The first-order chi connectivity index (χ1) is 13.8. The number of carbonyl (C=O) groups excluding carboxylic acids is 2. The second kappa shape index (κ2) is 8.78. The molecule has 154 valence electrons. The molecule has 0 radical (unpaired) electrons. The van der Waals surface area contributed by atoms with Gasteiger partial charge in [0.2, 0.25) is 11.8 Å². The first-order valence-corrected chi connectivity index (χ1v) is 11.2. The summed E-state index contributed by atoms with van der Waals surface area (Å²) in [6, 6.07) is 15.1. The lowest BCUT2D eigenvalue weighted by atomic mass is 10.1. The molecule has 0 unspecified atom stereocenters. The van der Waals surface area contributed by atoms with Crippen molar-refractivity contribution >= 4 is 21.8 Å². The van der Waals surface area contributed by atoms with Crippen LogP contribution < -0.4 is 5.32 Å². The topological polar surface area (TPSA) is 83.6 Å². The minimum atomic E-state index is -4.07. The van der Waals surface area contributed by atoms with Gasteiger partial charge in [-0.3, -0.25) is 9.59 Å². The van der Waals surface area contributed by atoms with Crippen molar-refractivity contribution in [3.05, 3.63) is 65.7 Å². The van der Waals surface area contributed by atoms with Crippen LogP contribution in [0, 0.1) is 6.92 Å². The maximum absolute atomic E-state index is 13.0. The number of carbonyl (C=O) groups is 2. The van der Waals surface area contributed by atoms with Gasteiger partial charge in [0.05, 0.1) is 4.90 Å². The van der Waals surface area contributed by atoms with Crippen LogP contribution in [0.3, 0.4) is 0 Å². The summed E-state index contributed by atoms with van der Waals surface area (Å²) in [5.41, 5.74) is 2.09. The van der Waals surface area contributed by atoms with Crippen LogP contribution in [0.4, 0.5) is 0 Å². The standard InChI is InChI=1S/C22H26N2O4S/c1-16-8-12-19(13-9-16)29(27,28)24-20(14-15-21(24)25)22(26)23-17(2)10-11-18-6-4-3-5-7-18/h3-9,12-13,17,20H,10-11,14-15H2,1-2H3,(H,23,26)/t17-,20+/m0/s1. The van der Waals surface area contributed by atoms with Gasteiger partial charge in [-0.05, 0) is 50.8 Å². The maximum atomic E-state index is 13.0. The third kappa shape index (κ3) is 4.85. The van der Waals surface area contributed by atoms with Gasteiger partial charge in [0.25, 0.3) is 10.0 Å². The summed E-state index contributed by atoms with van der Waals surface area (Å²) in [6.07, 6.45) is 1.77. The highest BCUT2D eigenvalue weighted by Crippen LogP contribution is 2.27. The zero-order valence-electron chi connectivity index (χ0n) is 16.7. The molecule has 2 aromatic rings. The Hall–Kier alpha value is -2.67. The molecule has 0 aliphatic carbocycles. The summed E-state index contributed by atoms with van der Waals surface area (Å²) >= 11 is 0. The summed E-state index contributed by atoms with van der Waals surface area (Å²) in [5.74, 6) is -0.963. The molecule has 1 aliphatic rings. The molecule has 7 heteroatoms. The molecule has 0 aromatic heterocycles. The van der Waals surface area contributed by atoms with E-state index in [0.29, 0.717) is 0 Å². The molecule has 6 nitrogen and oxygen atoms in total. The first kappa shape index (κ1) is 21.0. The average Bonchev–Trinajstić information content (AvgIpc) is 3.10. The van der Waals surface area contributed by atoms with Crippen LogP contribution in [0.1, 0.15) is 37.3 Å². The van der Waals surface area contributed by atoms with Gasteiger partial charge in [-0.2, -0.15) is 0 Å². The summed E-state index contributed by atoms with van der Waals surface area (Å²) in [4.78, 5) is 25.1. The maximum Gasteiger partial charge on any atom is 0.267 e. The van der Waals surface area contributed by atoms with Gasteiger partial charge < -0.3 is 5.32 Å². The van der Waals surface area contributed by atoms with Crippen molar-refractivity contribution in [3.8, 4) is 0 Å². The lowest BCUT2D eigenvalue weighted by Crippen LogP contribution is -2.49. The molecular weight excluding hydrogens is 388 g/mol. The lowest BCUT2D eigenvalue weighted by molar-refractivity contribution is -0.131. The lowest BCUT2D eigenvalue weighted by Gasteiger charge is -2.25. The van der Waals surface area contributed by atoms with Crippen LogP contribution in [0.2, 0.25) is 0 Å². The van der Waals surface area contributed by atoms with Crippen molar-refractivity contribution < 1.29 is 18.0 Å². The SMILES string of the molecule is Cc1ccc(S(=O)(=O)N2C(=O)CC[C@@H]2C(=O)N[C@@H](C)CCc2ccccc2)cc1. The highest BCUT2D eigenvalue weighted by molar-refractivity contribution is 7.89. The molecule has 0 spiro atoms. The van der Waals surface area contributed by atoms with Crippen molar-refractivity contribution in [1.29, 1.82) is 0 Å². The predicted molar refractivity (Wildman–Crippen MR) is 111 cm³/mol. The van der Waals surface area contributed by atoms with Crippen LogP contribution in [-0.2, 0) is 26.0 Å². The van der Waals surface area contributed by atoms with Crippen molar-refractivity contribution in [2.45, 2.75) is 56.5 Å². The Morgan fingerprint density at radius 3 is 2.45 bits per heavy atom. The van der Waals surface area contributed by atoms with Gasteiger partial charge >= 0.3 is 0 Å². The van der Waals surface area contributed by atoms with Gasteiger partial charge in [-0.25, -0.2) is 12.7 Å². The van der Waals surface area contributed by atoms with Gasteiger partial charge in [0.15, 0.2) is 0 Å². The van der Waals surface area contributed by atoms with E-state index < -0.39 is 27.9 Å². The van der Waals surface area contributed by atoms with E-state index in [0.717, 1.165) is 22.7 Å². The van der Waals surface area contributed by atoms with E-state index in [9.17, 15) is 18.0 Å². The van der Waals surface area contributed by atoms with Crippen molar-refractivity contribution in [1.82, 2.24) is 9.62 Å². The second-order valence-corrected chi connectivity index (χ2v) is 9.31. The molecular formula is C22H26N2O4S. The summed E-state index contributed by atoms with van der Waals surface area (Å²) < 4.78 is 26.7. The third-order valence-corrected chi connectivity index (χ3v) is 6.98. The molecule has 2 atom stereocenters. The van der Waals surface area contributed by atoms with Gasteiger partial charge in [0, 0.05) is 12.5 Å². The van der Waals surface area contributed by atoms with Gasteiger partial charge in [0.1, 0.15) is 6.04 Å². The van der Waals surface area contributed by atoms with E-state index in [2.05, 4.69) is 5.32 Å². The zero-order valence-corrected chi connectivity index (χ0v) is 17.5. The van der Waals surface area contributed by atoms with Gasteiger partial charge in [-0.15, -0.1) is 0 Å². The molecule has 29 heavy (non-hydrogen) atoms. The minimum Gasteiger partial charge on any atom is -0.352 e. The van der Waals surface area contributed by atoms with Gasteiger partial charge in [-0.1, -0.05) is 48.0 Å². The van der Waals surface area contributed by atoms with Crippen molar-refractivity contribution in [3.63, 3.8) is 0 Å². The Kier molecular flexibility index (Phi) is 6.37. The molecule has 3 rings (SSSR count). The van der Waals surface area contributed by atoms with Crippen LogP contribution in [0.5, 0.6) is 0 Å². The molecule has 1 aliphatic heterocycles. The third-order valence-electron chi connectivity index (χ3n) is 5.14. The number of benzene rings is 2. The fourth-order valence-electron chi connectivity index (χ4n) is 3.46. The largest absolute Gasteiger partial charge is 0.352 e. The number of rotatable bonds is 7. The molecule has 0 bridgehead atoms. The van der Waals surface area contributed by atoms with Crippen LogP contribution in [-0.4, -0.2) is 36.6 Å². The van der Waals surface area contributed by atoms with E-state index in [1.165, 1.54) is 17.7 Å². The predicted octanol–water partition coefficient (Wildman–Crippen LogP) is 2.81. The molecule has 1 saturated heterocycles. The molecule has 2 amide bonds. The van der Waals surface area contributed by atoms with E-state index in [1.807, 2.05) is 44.2 Å². The van der Waals surface area contributed by atoms with Crippen LogP contribution >= 0.6 is 0 Å². The first-order valence-electron chi connectivity index (χ1n) is 9.77. The fourth-order valence-corrected chi connectivity index (χ4v) is 5.07. The Labute approximate surface area is 172 Å². The second-order valence-electron chi connectivity index (χ2n) is 7.50.